The van der Waals surface area contributed by atoms with E-state index in [1.807, 2.05) is 0 Å². The van der Waals surface area contributed by atoms with Gasteiger partial charge in [-0.25, -0.2) is 4.98 Å². The van der Waals surface area contributed by atoms with Gasteiger partial charge in [-0.3, -0.25) is 4.79 Å². The van der Waals surface area contributed by atoms with Crippen molar-refractivity contribution in [1.29, 1.82) is 0 Å². The highest BCUT2D eigenvalue weighted by Crippen LogP contribution is 2.29. The summed E-state index contributed by atoms with van der Waals surface area (Å²) in [4.78, 5) is 20.7. The van der Waals surface area contributed by atoms with Gasteiger partial charge in [0.05, 0.1) is 6.54 Å². The van der Waals surface area contributed by atoms with Crippen molar-refractivity contribution in [3.8, 4) is 17.3 Å². The average molecular weight is 356 g/mol. The summed E-state index contributed by atoms with van der Waals surface area (Å²) in [6.07, 6.45) is -2.38. The van der Waals surface area contributed by atoms with Crippen LogP contribution < -0.4 is 4.74 Å². The summed E-state index contributed by atoms with van der Waals surface area (Å²) < 4.78 is 47.3. The number of hydrogen-bond donors (Lipinski definition) is 0. The number of carbonyl (C=O) groups is 1. The van der Waals surface area contributed by atoms with E-state index in [-0.39, 0.29) is 23.4 Å². The summed E-state index contributed by atoms with van der Waals surface area (Å²) in [5.41, 5.74) is 0.279. The SMILES string of the molecule is CCC(=O)N1CC[C@H](Oc2ccc(-c3noc(C(F)(F)F)n3)cn2)C1. The van der Waals surface area contributed by atoms with Crippen LogP contribution in [0.2, 0.25) is 0 Å². The smallest absolute Gasteiger partial charge is 0.471 e. The van der Waals surface area contributed by atoms with Crippen molar-refractivity contribution in [2.75, 3.05) is 13.1 Å². The van der Waals surface area contributed by atoms with E-state index in [1.54, 1.807) is 11.8 Å². The fourth-order valence-corrected chi connectivity index (χ4v) is 2.48. The summed E-state index contributed by atoms with van der Waals surface area (Å²) in [5.74, 6) is -1.22. The minimum absolute atomic E-state index is 0.0759. The van der Waals surface area contributed by atoms with E-state index >= 15 is 0 Å². The number of alkyl halides is 3. The molecule has 0 bridgehead atoms. The van der Waals surface area contributed by atoms with Gasteiger partial charge in [-0.05, 0) is 6.07 Å². The number of amides is 1. The number of aromatic nitrogens is 3. The molecule has 134 valence electrons. The average Bonchev–Trinajstić information content (AvgIpc) is 3.24. The Balaban J connectivity index is 1.63. The van der Waals surface area contributed by atoms with Gasteiger partial charge in [-0.15, -0.1) is 0 Å². The molecule has 2 aromatic rings. The predicted octanol–water partition coefficient (Wildman–Crippen LogP) is 2.54. The maximum Gasteiger partial charge on any atom is 0.471 e. The molecule has 1 saturated heterocycles. The zero-order valence-electron chi connectivity index (χ0n) is 13.3. The van der Waals surface area contributed by atoms with Gasteiger partial charge in [0.2, 0.25) is 17.6 Å². The lowest BCUT2D eigenvalue weighted by Gasteiger charge is -2.16. The van der Waals surface area contributed by atoms with E-state index < -0.39 is 12.1 Å². The predicted molar refractivity (Wildman–Crippen MR) is 78.4 cm³/mol. The van der Waals surface area contributed by atoms with Gasteiger partial charge in [0.25, 0.3) is 0 Å². The van der Waals surface area contributed by atoms with E-state index in [4.69, 9.17) is 4.74 Å². The third-order valence-corrected chi connectivity index (χ3v) is 3.75. The number of rotatable bonds is 4. The van der Waals surface area contributed by atoms with Crippen LogP contribution in [0.3, 0.4) is 0 Å². The van der Waals surface area contributed by atoms with E-state index in [9.17, 15) is 18.0 Å². The number of ether oxygens (including phenoxy) is 1. The minimum Gasteiger partial charge on any atom is -0.472 e. The largest absolute Gasteiger partial charge is 0.472 e. The van der Waals surface area contributed by atoms with Crippen LogP contribution in [0, 0.1) is 0 Å². The van der Waals surface area contributed by atoms with Crippen LogP contribution in [-0.2, 0) is 11.0 Å². The Bertz CT molecular complexity index is 745. The van der Waals surface area contributed by atoms with Gasteiger partial charge >= 0.3 is 12.1 Å². The molecule has 2 aromatic heterocycles. The van der Waals surface area contributed by atoms with Gasteiger partial charge in [0.15, 0.2) is 0 Å². The molecule has 0 N–H and O–H groups in total. The highest BCUT2D eigenvalue weighted by atomic mass is 19.4. The molecule has 0 spiro atoms. The molecular formula is C15H15F3N4O3. The molecule has 0 aliphatic carbocycles. The summed E-state index contributed by atoms with van der Waals surface area (Å²) in [6.45, 7) is 2.94. The molecule has 0 aromatic carbocycles. The summed E-state index contributed by atoms with van der Waals surface area (Å²) >= 11 is 0. The van der Waals surface area contributed by atoms with Crippen molar-refractivity contribution in [2.24, 2.45) is 0 Å². The molecule has 3 rings (SSSR count). The lowest BCUT2D eigenvalue weighted by molar-refractivity contribution is -0.159. The third-order valence-electron chi connectivity index (χ3n) is 3.75. The first-order valence-electron chi connectivity index (χ1n) is 7.68. The van der Waals surface area contributed by atoms with Crippen molar-refractivity contribution < 1.29 is 27.2 Å². The molecular weight excluding hydrogens is 341 g/mol. The number of halogens is 3. The number of carbonyl (C=O) groups excluding carboxylic acids is 1. The van der Waals surface area contributed by atoms with Crippen molar-refractivity contribution in [3.63, 3.8) is 0 Å². The number of likely N-dealkylation sites (tertiary alicyclic amines) is 1. The van der Waals surface area contributed by atoms with Crippen LogP contribution in [0.4, 0.5) is 13.2 Å². The van der Waals surface area contributed by atoms with Crippen molar-refractivity contribution in [3.05, 3.63) is 24.2 Å². The van der Waals surface area contributed by atoms with Crippen LogP contribution in [0.5, 0.6) is 5.88 Å². The summed E-state index contributed by atoms with van der Waals surface area (Å²) in [7, 11) is 0. The maximum atomic E-state index is 12.5. The molecule has 0 unspecified atom stereocenters. The quantitative estimate of drug-likeness (QED) is 0.837. The van der Waals surface area contributed by atoms with Crippen LogP contribution in [-0.4, -0.2) is 45.1 Å². The van der Waals surface area contributed by atoms with Gasteiger partial charge < -0.3 is 14.2 Å². The standard InChI is InChI=1S/C15H15F3N4O3/c1-2-12(23)22-6-5-10(8-22)24-11-4-3-9(7-19-11)13-20-14(25-21-13)15(16,17)18/h3-4,7,10H,2,5-6,8H2,1H3/t10-/m0/s1. The molecule has 7 nitrogen and oxygen atoms in total. The third kappa shape index (κ3) is 3.89. The maximum absolute atomic E-state index is 12.5. The molecule has 1 fully saturated rings. The monoisotopic (exact) mass is 356 g/mol. The van der Waals surface area contributed by atoms with E-state index in [0.717, 1.165) is 0 Å². The Morgan fingerprint density at radius 1 is 1.44 bits per heavy atom. The molecule has 1 aliphatic heterocycles. The fourth-order valence-electron chi connectivity index (χ4n) is 2.48. The Kier molecular flexibility index (Phi) is 4.60. The lowest BCUT2D eigenvalue weighted by Crippen LogP contribution is -2.30. The van der Waals surface area contributed by atoms with Crippen molar-refractivity contribution >= 4 is 5.91 Å². The zero-order valence-corrected chi connectivity index (χ0v) is 13.3. The molecule has 1 atom stereocenters. The summed E-state index contributed by atoms with van der Waals surface area (Å²) in [5, 5.41) is 3.29. The Labute approximate surface area is 140 Å². The molecule has 1 aliphatic rings. The summed E-state index contributed by atoms with van der Waals surface area (Å²) in [6, 6.07) is 3.01. The first kappa shape index (κ1) is 17.2. The molecule has 3 heterocycles. The second-order valence-corrected chi connectivity index (χ2v) is 5.53. The molecule has 0 saturated carbocycles. The second kappa shape index (κ2) is 6.69. The van der Waals surface area contributed by atoms with Crippen molar-refractivity contribution in [1.82, 2.24) is 20.0 Å². The number of hydrogen-bond acceptors (Lipinski definition) is 6. The van der Waals surface area contributed by atoms with Gasteiger partial charge in [-0.1, -0.05) is 12.1 Å². The van der Waals surface area contributed by atoms with Crippen LogP contribution in [0.15, 0.2) is 22.9 Å². The lowest BCUT2D eigenvalue weighted by atomic mass is 10.2. The van der Waals surface area contributed by atoms with Gasteiger partial charge in [0.1, 0.15) is 6.10 Å². The number of nitrogens with zero attached hydrogens (tertiary/aromatic N) is 4. The van der Waals surface area contributed by atoms with Crippen LogP contribution in [0.25, 0.3) is 11.4 Å². The van der Waals surface area contributed by atoms with E-state index in [1.165, 1.54) is 18.3 Å². The Hall–Kier alpha value is -2.65. The van der Waals surface area contributed by atoms with Crippen molar-refractivity contribution in [2.45, 2.75) is 32.0 Å². The number of pyridine rings is 1. The topological polar surface area (TPSA) is 81.4 Å². The zero-order chi connectivity index (χ0) is 18.0. The van der Waals surface area contributed by atoms with Crippen LogP contribution >= 0.6 is 0 Å². The normalized spacial score (nSPS) is 17.8. The molecule has 0 radical (unpaired) electrons. The van der Waals surface area contributed by atoms with Crippen LogP contribution in [0.1, 0.15) is 25.7 Å². The van der Waals surface area contributed by atoms with Gasteiger partial charge in [0, 0.05) is 37.2 Å². The Morgan fingerprint density at radius 2 is 2.24 bits per heavy atom. The first-order chi connectivity index (χ1) is 11.9. The molecule has 1 amide bonds. The second-order valence-electron chi connectivity index (χ2n) is 5.53. The highest BCUT2D eigenvalue weighted by molar-refractivity contribution is 5.76. The molecule has 10 heteroatoms. The minimum atomic E-state index is -4.69. The first-order valence-corrected chi connectivity index (χ1v) is 7.68. The van der Waals surface area contributed by atoms with E-state index in [2.05, 4.69) is 19.6 Å². The van der Waals surface area contributed by atoms with Gasteiger partial charge in [-0.2, -0.15) is 18.2 Å². The Morgan fingerprint density at radius 3 is 2.84 bits per heavy atom. The fraction of sp³-hybridized carbons (Fsp3) is 0.467. The molecule has 25 heavy (non-hydrogen) atoms. The van der Waals surface area contributed by atoms with E-state index in [0.29, 0.717) is 31.8 Å². The highest BCUT2D eigenvalue weighted by Gasteiger charge is 2.38.